The number of thiophene rings is 1. The maximum Gasteiger partial charge on any atom is 0.261 e. The van der Waals surface area contributed by atoms with E-state index in [-0.39, 0.29) is 5.91 Å². The minimum Gasteiger partial charge on any atom is -0.365 e. The highest BCUT2D eigenvalue weighted by Gasteiger charge is 2.44. The summed E-state index contributed by atoms with van der Waals surface area (Å²) in [5.41, 5.74) is 5.68. The van der Waals surface area contributed by atoms with E-state index in [0.29, 0.717) is 23.6 Å². The lowest BCUT2D eigenvalue weighted by Gasteiger charge is -2.27. The molecule has 0 bridgehead atoms. The van der Waals surface area contributed by atoms with Crippen LogP contribution in [0.15, 0.2) is 41.8 Å². The van der Waals surface area contributed by atoms with Gasteiger partial charge in [0.1, 0.15) is 0 Å². The van der Waals surface area contributed by atoms with E-state index >= 15 is 0 Å². The van der Waals surface area contributed by atoms with Gasteiger partial charge in [-0.3, -0.25) is 9.59 Å². The molecule has 114 valence electrons. The SMILES string of the molecule is NC(=O)c1cc(NC(=O)C2(c3ccccc3)CCCO2)cs1. The summed E-state index contributed by atoms with van der Waals surface area (Å²) < 4.78 is 5.81. The van der Waals surface area contributed by atoms with Gasteiger partial charge < -0.3 is 15.8 Å². The van der Waals surface area contributed by atoms with Crippen molar-refractivity contribution in [2.45, 2.75) is 18.4 Å². The van der Waals surface area contributed by atoms with E-state index in [2.05, 4.69) is 5.32 Å². The molecule has 2 amide bonds. The number of benzene rings is 1. The molecule has 1 aromatic carbocycles. The van der Waals surface area contributed by atoms with Crippen molar-refractivity contribution in [3.8, 4) is 0 Å². The second-order valence-electron chi connectivity index (χ2n) is 5.16. The largest absolute Gasteiger partial charge is 0.365 e. The number of nitrogens with one attached hydrogen (secondary N) is 1. The Morgan fingerprint density at radius 2 is 2.05 bits per heavy atom. The molecule has 1 atom stereocenters. The summed E-state index contributed by atoms with van der Waals surface area (Å²) in [4.78, 5) is 24.3. The molecule has 1 aliphatic heterocycles. The molecule has 1 unspecified atom stereocenters. The highest BCUT2D eigenvalue weighted by atomic mass is 32.1. The molecule has 1 aliphatic rings. The topological polar surface area (TPSA) is 81.4 Å². The van der Waals surface area contributed by atoms with E-state index in [9.17, 15) is 9.59 Å². The molecule has 3 rings (SSSR count). The van der Waals surface area contributed by atoms with Gasteiger partial charge in [0.25, 0.3) is 11.8 Å². The zero-order valence-corrected chi connectivity index (χ0v) is 12.7. The van der Waals surface area contributed by atoms with Gasteiger partial charge in [0.15, 0.2) is 5.60 Å². The molecule has 2 aromatic rings. The Morgan fingerprint density at radius 3 is 2.64 bits per heavy atom. The first-order valence-electron chi connectivity index (χ1n) is 7.01. The summed E-state index contributed by atoms with van der Waals surface area (Å²) in [6, 6.07) is 11.1. The van der Waals surface area contributed by atoms with E-state index in [1.54, 1.807) is 11.4 Å². The van der Waals surface area contributed by atoms with Crippen molar-refractivity contribution in [3.63, 3.8) is 0 Å². The summed E-state index contributed by atoms with van der Waals surface area (Å²) >= 11 is 1.21. The number of hydrogen-bond donors (Lipinski definition) is 2. The third kappa shape index (κ3) is 2.63. The van der Waals surface area contributed by atoms with Crippen LogP contribution in [0.4, 0.5) is 5.69 Å². The summed E-state index contributed by atoms with van der Waals surface area (Å²) in [5, 5.41) is 4.54. The van der Waals surface area contributed by atoms with E-state index in [4.69, 9.17) is 10.5 Å². The van der Waals surface area contributed by atoms with Crippen molar-refractivity contribution in [1.29, 1.82) is 0 Å². The fourth-order valence-corrected chi connectivity index (χ4v) is 3.34. The molecule has 5 nitrogen and oxygen atoms in total. The molecule has 0 saturated carbocycles. The Kier molecular flexibility index (Phi) is 3.96. The maximum absolute atomic E-state index is 12.8. The van der Waals surface area contributed by atoms with Crippen LogP contribution in [0.3, 0.4) is 0 Å². The first-order valence-corrected chi connectivity index (χ1v) is 7.89. The van der Waals surface area contributed by atoms with Crippen molar-refractivity contribution < 1.29 is 14.3 Å². The highest BCUT2D eigenvalue weighted by molar-refractivity contribution is 7.12. The predicted octanol–water partition coefficient (Wildman–Crippen LogP) is 2.49. The molecule has 0 aliphatic carbocycles. The number of primary amides is 1. The van der Waals surface area contributed by atoms with Crippen LogP contribution < -0.4 is 11.1 Å². The fraction of sp³-hybridized carbons (Fsp3) is 0.250. The molecule has 1 fully saturated rings. The van der Waals surface area contributed by atoms with Crippen molar-refractivity contribution in [2.75, 3.05) is 11.9 Å². The van der Waals surface area contributed by atoms with Crippen LogP contribution >= 0.6 is 11.3 Å². The number of ether oxygens (including phenoxy) is 1. The summed E-state index contributed by atoms with van der Waals surface area (Å²) in [7, 11) is 0. The molecule has 2 heterocycles. The Bertz CT molecular complexity index is 690. The monoisotopic (exact) mass is 316 g/mol. The van der Waals surface area contributed by atoms with Crippen LogP contribution in [0.25, 0.3) is 0 Å². The molecular weight excluding hydrogens is 300 g/mol. The van der Waals surface area contributed by atoms with Gasteiger partial charge >= 0.3 is 0 Å². The lowest BCUT2D eigenvalue weighted by Crippen LogP contribution is -2.39. The Balaban J connectivity index is 1.86. The Morgan fingerprint density at radius 1 is 1.27 bits per heavy atom. The van der Waals surface area contributed by atoms with E-state index in [1.165, 1.54) is 11.3 Å². The molecule has 22 heavy (non-hydrogen) atoms. The molecule has 1 saturated heterocycles. The van der Waals surface area contributed by atoms with Gasteiger partial charge in [0, 0.05) is 12.0 Å². The average Bonchev–Trinajstić information content (AvgIpc) is 3.18. The average molecular weight is 316 g/mol. The van der Waals surface area contributed by atoms with Gasteiger partial charge in [-0.25, -0.2) is 0 Å². The van der Waals surface area contributed by atoms with Crippen molar-refractivity contribution in [2.24, 2.45) is 5.73 Å². The molecule has 3 N–H and O–H groups in total. The number of anilines is 1. The third-order valence-electron chi connectivity index (χ3n) is 3.73. The van der Waals surface area contributed by atoms with Crippen molar-refractivity contribution in [1.82, 2.24) is 0 Å². The molecule has 0 radical (unpaired) electrons. The first kappa shape index (κ1) is 14.7. The lowest BCUT2D eigenvalue weighted by molar-refractivity contribution is -0.136. The first-order chi connectivity index (χ1) is 10.6. The number of carbonyl (C=O) groups excluding carboxylic acids is 2. The summed E-state index contributed by atoms with van der Waals surface area (Å²) in [6.07, 6.45) is 1.47. The van der Waals surface area contributed by atoms with Crippen LogP contribution in [-0.2, 0) is 15.1 Å². The van der Waals surface area contributed by atoms with Gasteiger partial charge in [0.05, 0.1) is 10.6 Å². The van der Waals surface area contributed by atoms with Gasteiger partial charge in [-0.2, -0.15) is 0 Å². The van der Waals surface area contributed by atoms with E-state index in [0.717, 1.165) is 12.0 Å². The molecular formula is C16H16N2O3S. The van der Waals surface area contributed by atoms with Gasteiger partial charge in [-0.15, -0.1) is 11.3 Å². The number of nitrogens with two attached hydrogens (primary N) is 1. The number of amides is 2. The van der Waals surface area contributed by atoms with Crippen LogP contribution in [0.5, 0.6) is 0 Å². The standard InChI is InChI=1S/C16H16N2O3S/c17-14(19)13-9-12(10-22-13)18-15(20)16(7-4-8-21-16)11-5-2-1-3-6-11/h1-3,5-6,9-10H,4,7-8H2,(H2,17,19)(H,18,20). The quantitative estimate of drug-likeness (QED) is 0.909. The van der Waals surface area contributed by atoms with Gasteiger partial charge in [-0.05, 0) is 24.5 Å². The Hall–Kier alpha value is -2.18. The van der Waals surface area contributed by atoms with Crippen LogP contribution in [-0.4, -0.2) is 18.4 Å². The molecule has 0 spiro atoms. The Labute approximate surface area is 132 Å². The number of rotatable bonds is 4. The van der Waals surface area contributed by atoms with E-state index < -0.39 is 11.5 Å². The normalized spacial score (nSPS) is 20.7. The van der Waals surface area contributed by atoms with Crippen molar-refractivity contribution in [3.05, 3.63) is 52.2 Å². The number of carbonyl (C=O) groups is 2. The van der Waals surface area contributed by atoms with Gasteiger partial charge in [0.2, 0.25) is 0 Å². The minimum atomic E-state index is -0.962. The second kappa shape index (κ2) is 5.90. The lowest BCUT2D eigenvalue weighted by atomic mass is 9.90. The third-order valence-corrected chi connectivity index (χ3v) is 4.67. The fourth-order valence-electron chi connectivity index (χ4n) is 2.65. The zero-order chi connectivity index (χ0) is 15.6. The van der Waals surface area contributed by atoms with Crippen LogP contribution in [0.1, 0.15) is 28.1 Å². The number of hydrogen-bond acceptors (Lipinski definition) is 4. The molecule has 1 aromatic heterocycles. The highest BCUT2D eigenvalue weighted by Crippen LogP contribution is 2.37. The zero-order valence-electron chi connectivity index (χ0n) is 11.9. The van der Waals surface area contributed by atoms with Crippen LogP contribution in [0.2, 0.25) is 0 Å². The van der Waals surface area contributed by atoms with Crippen LogP contribution in [0, 0.1) is 0 Å². The van der Waals surface area contributed by atoms with Crippen molar-refractivity contribution >= 4 is 28.8 Å². The smallest absolute Gasteiger partial charge is 0.261 e. The summed E-state index contributed by atoms with van der Waals surface area (Å²) in [5.74, 6) is -0.717. The maximum atomic E-state index is 12.8. The second-order valence-corrected chi connectivity index (χ2v) is 6.07. The van der Waals surface area contributed by atoms with E-state index in [1.807, 2.05) is 30.3 Å². The van der Waals surface area contributed by atoms with Gasteiger partial charge in [-0.1, -0.05) is 30.3 Å². The predicted molar refractivity (Wildman–Crippen MR) is 84.8 cm³/mol. The molecule has 6 heteroatoms. The summed E-state index contributed by atoms with van der Waals surface area (Å²) in [6.45, 7) is 0.554. The minimum absolute atomic E-state index is 0.218.